The van der Waals surface area contributed by atoms with Crippen LogP contribution in [0.25, 0.3) is 21.0 Å². The predicted molar refractivity (Wildman–Crippen MR) is 132 cm³/mol. The van der Waals surface area contributed by atoms with E-state index >= 15 is 0 Å². The summed E-state index contributed by atoms with van der Waals surface area (Å²) in [6.07, 6.45) is 0.801. The number of aromatic nitrogens is 1. The molecule has 1 heterocycles. The molecule has 0 aliphatic heterocycles. The van der Waals surface area contributed by atoms with Crippen molar-refractivity contribution >= 4 is 32.3 Å². The summed E-state index contributed by atoms with van der Waals surface area (Å²) < 4.78 is 26.2. The summed E-state index contributed by atoms with van der Waals surface area (Å²) >= 11 is 1.51. The van der Waals surface area contributed by atoms with Crippen LogP contribution >= 0.6 is 11.3 Å². The fourth-order valence-electron chi connectivity index (χ4n) is 3.73. The van der Waals surface area contributed by atoms with Gasteiger partial charge < -0.3 is 9.47 Å². The number of fused-ring (bicyclic) bond motifs is 2. The molecule has 0 N–H and O–H groups in total. The first-order valence-electron chi connectivity index (χ1n) is 10.9. The van der Waals surface area contributed by atoms with Gasteiger partial charge in [0.2, 0.25) is 0 Å². The molecule has 0 atom stereocenters. The number of ether oxygens (including phenoxy) is 2. The molecule has 0 aliphatic rings. The Morgan fingerprint density at radius 3 is 2.53 bits per heavy atom. The van der Waals surface area contributed by atoms with Gasteiger partial charge in [0.05, 0.1) is 35.1 Å². The van der Waals surface area contributed by atoms with Crippen LogP contribution in [0.5, 0.6) is 5.75 Å². The Kier molecular flexibility index (Phi) is 6.48. The number of nitriles is 1. The van der Waals surface area contributed by atoms with Crippen LogP contribution in [0.15, 0.2) is 78.9 Å². The molecule has 0 fully saturated rings. The molecule has 34 heavy (non-hydrogen) atoms. The molecule has 0 bridgehead atoms. The van der Waals surface area contributed by atoms with Crippen molar-refractivity contribution in [2.75, 3.05) is 6.61 Å². The van der Waals surface area contributed by atoms with Crippen LogP contribution in [0.1, 0.15) is 21.7 Å². The zero-order valence-corrected chi connectivity index (χ0v) is 19.1. The number of benzene rings is 4. The van der Waals surface area contributed by atoms with Gasteiger partial charge in [0.1, 0.15) is 23.2 Å². The van der Waals surface area contributed by atoms with E-state index in [1.54, 1.807) is 6.07 Å². The average molecular weight is 469 g/mol. The second-order valence-electron chi connectivity index (χ2n) is 7.96. The van der Waals surface area contributed by atoms with Crippen LogP contribution in [0.2, 0.25) is 0 Å². The van der Waals surface area contributed by atoms with Crippen molar-refractivity contribution < 1.29 is 13.9 Å². The lowest BCUT2D eigenvalue weighted by molar-refractivity contribution is 0.124. The molecule has 0 amide bonds. The maximum Gasteiger partial charge on any atom is 0.140 e. The summed E-state index contributed by atoms with van der Waals surface area (Å²) in [6, 6.07) is 26.6. The fraction of sp³-hybridized carbons (Fsp3) is 0.143. The summed E-state index contributed by atoms with van der Waals surface area (Å²) in [5.41, 5.74) is 3.57. The molecule has 0 aliphatic carbocycles. The van der Waals surface area contributed by atoms with Gasteiger partial charge in [-0.2, -0.15) is 5.26 Å². The van der Waals surface area contributed by atoms with Gasteiger partial charge in [0.25, 0.3) is 0 Å². The third-order valence-corrected chi connectivity index (χ3v) is 6.53. The molecular formula is C28H21FN2O2S. The molecule has 1 aromatic heterocycles. The van der Waals surface area contributed by atoms with Gasteiger partial charge in [0.15, 0.2) is 0 Å². The number of hydrogen-bond acceptors (Lipinski definition) is 5. The number of halogens is 1. The standard InChI is InChI=1S/C28H21FN2O2S/c29-24-8-10-27-26(15-24)31-28(34-27)18-33-25-9-7-22-6-5-21(13-23(22)14-25)17-32-12-11-19-1-3-20(16-30)4-2-19/h1-10,13-15H,11-12,17-18H2. The molecular weight excluding hydrogens is 447 g/mol. The largest absolute Gasteiger partial charge is 0.486 e. The number of rotatable bonds is 8. The van der Waals surface area contributed by atoms with Gasteiger partial charge in [-0.05, 0) is 70.8 Å². The van der Waals surface area contributed by atoms with E-state index < -0.39 is 0 Å². The second kappa shape index (κ2) is 10.0. The zero-order valence-electron chi connectivity index (χ0n) is 18.3. The van der Waals surface area contributed by atoms with Crippen LogP contribution in [0.3, 0.4) is 0 Å². The van der Waals surface area contributed by atoms with E-state index in [-0.39, 0.29) is 5.82 Å². The first-order chi connectivity index (χ1) is 16.7. The van der Waals surface area contributed by atoms with E-state index in [2.05, 4.69) is 29.3 Å². The molecule has 6 heteroatoms. The minimum atomic E-state index is -0.283. The zero-order chi connectivity index (χ0) is 23.3. The average Bonchev–Trinajstić information content (AvgIpc) is 3.27. The fourth-order valence-corrected chi connectivity index (χ4v) is 4.60. The monoisotopic (exact) mass is 468 g/mol. The van der Waals surface area contributed by atoms with Crippen LogP contribution in [0.4, 0.5) is 4.39 Å². The van der Waals surface area contributed by atoms with Gasteiger partial charge in [-0.3, -0.25) is 0 Å². The lowest BCUT2D eigenvalue weighted by atomic mass is 10.1. The minimum absolute atomic E-state index is 0.283. The highest BCUT2D eigenvalue weighted by Gasteiger charge is 2.07. The summed E-state index contributed by atoms with van der Waals surface area (Å²) in [5.74, 6) is 0.477. The molecule has 0 saturated carbocycles. The molecule has 4 nitrogen and oxygen atoms in total. The van der Waals surface area contributed by atoms with E-state index in [1.165, 1.54) is 23.5 Å². The summed E-state index contributed by atoms with van der Waals surface area (Å²) in [6.45, 7) is 1.48. The van der Waals surface area contributed by atoms with Gasteiger partial charge in [0, 0.05) is 6.07 Å². The third-order valence-electron chi connectivity index (χ3n) is 5.52. The smallest absolute Gasteiger partial charge is 0.140 e. The van der Waals surface area contributed by atoms with Crippen molar-refractivity contribution in [3.8, 4) is 11.8 Å². The Balaban J connectivity index is 1.19. The van der Waals surface area contributed by atoms with Crippen LogP contribution in [-0.2, 0) is 24.4 Å². The van der Waals surface area contributed by atoms with E-state index in [0.29, 0.717) is 30.9 Å². The molecule has 0 spiro atoms. The first kappa shape index (κ1) is 22.0. The summed E-state index contributed by atoms with van der Waals surface area (Å²) in [4.78, 5) is 4.46. The maximum atomic E-state index is 13.4. The number of thiazole rings is 1. The van der Waals surface area contributed by atoms with E-state index in [1.807, 2.05) is 42.5 Å². The SMILES string of the molecule is N#Cc1ccc(CCOCc2ccc3ccc(OCc4nc5cc(F)ccc5s4)cc3c2)cc1. The maximum absolute atomic E-state index is 13.4. The molecule has 5 aromatic rings. The van der Waals surface area contributed by atoms with Crippen molar-refractivity contribution in [1.82, 2.24) is 4.98 Å². The van der Waals surface area contributed by atoms with Crippen molar-refractivity contribution in [3.63, 3.8) is 0 Å². The van der Waals surface area contributed by atoms with E-state index in [0.717, 1.165) is 43.8 Å². The number of hydrogen-bond donors (Lipinski definition) is 0. The Bertz CT molecular complexity index is 1490. The number of nitrogens with zero attached hydrogens (tertiary/aromatic N) is 2. The van der Waals surface area contributed by atoms with Crippen LogP contribution in [-0.4, -0.2) is 11.6 Å². The lowest BCUT2D eigenvalue weighted by Gasteiger charge is -2.08. The van der Waals surface area contributed by atoms with E-state index in [9.17, 15) is 4.39 Å². The van der Waals surface area contributed by atoms with Crippen molar-refractivity contribution in [1.29, 1.82) is 5.26 Å². The van der Waals surface area contributed by atoms with Crippen molar-refractivity contribution in [2.45, 2.75) is 19.6 Å². The van der Waals surface area contributed by atoms with Gasteiger partial charge in [-0.25, -0.2) is 9.37 Å². The van der Waals surface area contributed by atoms with Crippen LogP contribution in [0, 0.1) is 17.1 Å². The minimum Gasteiger partial charge on any atom is -0.486 e. The Morgan fingerprint density at radius 1 is 0.853 bits per heavy atom. The Morgan fingerprint density at radius 2 is 1.68 bits per heavy atom. The van der Waals surface area contributed by atoms with Gasteiger partial charge >= 0.3 is 0 Å². The summed E-state index contributed by atoms with van der Waals surface area (Å²) in [5, 5.41) is 11.9. The Labute approximate surface area is 200 Å². The van der Waals surface area contributed by atoms with E-state index in [4.69, 9.17) is 14.7 Å². The molecule has 5 rings (SSSR count). The summed E-state index contributed by atoms with van der Waals surface area (Å²) in [7, 11) is 0. The quantitative estimate of drug-likeness (QED) is 0.235. The molecule has 4 aromatic carbocycles. The molecule has 0 unspecified atom stereocenters. The lowest BCUT2D eigenvalue weighted by Crippen LogP contribution is -1.99. The molecule has 168 valence electrons. The van der Waals surface area contributed by atoms with Crippen LogP contribution < -0.4 is 4.74 Å². The third kappa shape index (κ3) is 5.23. The first-order valence-corrected chi connectivity index (χ1v) is 11.8. The van der Waals surface area contributed by atoms with Crippen molar-refractivity contribution in [3.05, 3.63) is 106 Å². The van der Waals surface area contributed by atoms with Gasteiger partial charge in [-0.15, -0.1) is 11.3 Å². The second-order valence-corrected chi connectivity index (χ2v) is 9.08. The molecule has 0 saturated heterocycles. The van der Waals surface area contributed by atoms with Crippen molar-refractivity contribution in [2.24, 2.45) is 0 Å². The highest BCUT2D eigenvalue weighted by atomic mass is 32.1. The topological polar surface area (TPSA) is 55.1 Å². The Hall–Kier alpha value is -3.79. The highest BCUT2D eigenvalue weighted by Crippen LogP contribution is 2.26. The highest BCUT2D eigenvalue weighted by molar-refractivity contribution is 7.18. The normalized spacial score (nSPS) is 11.1. The van der Waals surface area contributed by atoms with Gasteiger partial charge in [-0.1, -0.05) is 30.3 Å². The predicted octanol–water partition coefficient (Wildman–Crippen LogP) is 6.80. The molecule has 0 radical (unpaired) electrons.